The van der Waals surface area contributed by atoms with Gasteiger partial charge in [0, 0.05) is 35.5 Å². The first-order chi connectivity index (χ1) is 23.7. The molecule has 10 nitrogen and oxygen atoms in total. The zero-order valence-electron chi connectivity index (χ0n) is 28.4. The lowest BCUT2D eigenvalue weighted by molar-refractivity contribution is -0.143. The van der Waals surface area contributed by atoms with Gasteiger partial charge in [0.1, 0.15) is 17.8 Å². The average Bonchev–Trinajstić information content (AvgIpc) is 3.12. The second-order valence-corrected chi connectivity index (χ2v) is 12.4. The zero-order valence-corrected chi connectivity index (χ0v) is 28.4. The van der Waals surface area contributed by atoms with Gasteiger partial charge in [-0.2, -0.15) is 0 Å². The maximum absolute atomic E-state index is 13.2. The number of benzene rings is 3. The molecule has 4 aromatic rings. The van der Waals surface area contributed by atoms with Crippen molar-refractivity contribution >= 4 is 17.8 Å². The highest BCUT2D eigenvalue weighted by molar-refractivity contribution is 5.98. The van der Waals surface area contributed by atoms with Crippen LogP contribution in [0, 0.1) is 0 Å². The number of amides is 2. The van der Waals surface area contributed by atoms with E-state index in [0.29, 0.717) is 23.9 Å². The van der Waals surface area contributed by atoms with Crippen molar-refractivity contribution < 1.29 is 29.3 Å². The van der Waals surface area contributed by atoms with Crippen LogP contribution in [0.2, 0.25) is 0 Å². The van der Waals surface area contributed by atoms with Gasteiger partial charge in [0.2, 0.25) is 5.91 Å². The van der Waals surface area contributed by atoms with E-state index in [-0.39, 0.29) is 6.42 Å². The minimum Gasteiger partial charge on any atom is -0.494 e. The number of carbonyl (C=O) groups excluding carboxylic acids is 2. The molecule has 0 aliphatic heterocycles. The molecule has 1 heterocycles. The molecule has 10 heteroatoms. The minimum atomic E-state index is -1.50. The van der Waals surface area contributed by atoms with Crippen LogP contribution >= 0.6 is 0 Å². The first kappa shape index (κ1) is 36.7. The fraction of sp³-hybridized carbons (Fsp3) is 0.359. The number of unbranched alkanes of at least 4 members (excludes halogenated alkanes) is 4. The van der Waals surface area contributed by atoms with E-state index in [9.17, 15) is 24.6 Å². The Hall–Kier alpha value is -5.09. The fourth-order valence-corrected chi connectivity index (χ4v) is 5.22. The van der Waals surface area contributed by atoms with Crippen LogP contribution in [0.4, 0.5) is 0 Å². The Bertz CT molecular complexity index is 1640. The molecule has 0 saturated carbocycles. The number of rotatable bonds is 18. The summed E-state index contributed by atoms with van der Waals surface area (Å²) in [6, 6.07) is 19.6. The lowest BCUT2D eigenvalue weighted by Gasteiger charge is -2.21. The molecule has 0 aliphatic carbocycles. The number of hydrogen-bond acceptors (Lipinski definition) is 7. The largest absolute Gasteiger partial charge is 0.494 e. The molecule has 49 heavy (non-hydrogen) atoms. The molecular weight excluding hydrogens is 620 g/mol. The second kappa shape index (κ2) is 18.5. The summed E-state index contributed by atoms with van der Waals surface area (Å²) in [5, 5.41) is 23.8. The second-order valence-electron chi connectivity index (χ2n) is 12.4. The van der Waals surface area contributed by atoms with Crippen molar-refractivity contribution in [3.8, 4) is 28.3 Å². The summed E-state index contributed by atoms with van der Waals surface area (Å²) in [5.41, 5.74) is 4.77. The predicted molar refractivity (Wildman–Crippen MR) is 189 cm³/mol. The van der Waals surface area contributed by atoms with Crippen LogP contribution in [0.5, 0.6) is 5.75 Å². The lowest BCUT2D eigenvalue weighted by atomic mass is 10.0. The number of nitrogens with one attached hydrogen (secondary N) is 2. The molecule has 1 aromatic heterocycles. The maximum atomic E-state index is 13.2. The lowest BCUT2D eigenvalue weighted by Crippen LogP contribution is -2.53. The van der Waals surface area contributed by atoms with E-state index in [0.717, 1.165) is 40.0 Å². The minimum absolute atomic E-state index is 0.0814. The molecule has 0 unspecified atom stereocenters. The average molecular weight is 667 g/mol. The molecule has 0 bridgehead atoms. The summed E-state index contributed by atoms with van der Waals surface area (Å²) >= 11 is 0. The van der Waals surface area contributed by atoms with E-state index < -0.39 is 36.5 Å². The number of hydrogen-bond donors (Lipinski definition) is 4. The van der Waals surface area contributed by atoms with Gasteiger partial charge in [-0.15, -0.1) is 0 Å². The number of nitrogens with zero attached hydrogens (tertiary/aromatic N) is 2. The normalized spacial score (nSPS) is 12.3. The Labute approximate surface area is 288 Å². The van der Waals surface area contributed by atoms with E-state index in [1.165, 1.54) is 25.7 Å². The Morgan fingerprint density at radius 2 is 1.39 bits per heavy atom. The summed E-state index contributed by atoms with van der Waals surface area (Å²) in [4.78, 5) is 46.8. The van der Waals surface area contributed by atoms with Crippen LogP contribution < -0.4 is 15.4 Å². The van der Waals surface area contributed by atoms with Crippen molar-refractivity contribution in [3.05, 3.63) is 102 Å². The molecule has 4 N–H and O–H groups in total. The highest BCUT2D eigenvalue weighted by Crippen LogP contribution is 2.24. The Balaban J connectivity index is 1.41. The Kier molecular flexibility index (Phi) is 13.8. The number of aliphatic hydroxyl groups excluding tert-OH is 1. The van der Waals surface area contributed by atoms with Crippen molar-refractivity contribution in [1.29, 1.82) is 0 Å². The number of carboxylic acids is 1. The molecule has 2 atom stereocenters. The molecule has 0 radical (unpaired) electrons. The van der Waals surface area contributed by atoms with Crippen molar-refractivity contribution in [3.63, 3.8) is 0 Å². The van der Waals surface area contributed by atoms with Crippen LogP contribution in [0.25, 0.3) is 22.5 Å². The van der Waals surface area contributed by atoms with Crippen LogP contribution in [0.15, 0.2) is 85.2 Å². The van der Waals surface area contributed by atoms with Gasteiger partial charge in [-0.05, 0) is 53.3 Å². The Morgan fingerprint density at radius 1 is 0.755 bits per heavy atom. The number of carbonyl (C=O) groups is 3. The SMILES string of the molecule is CCCCCCCOc1ccc(-c2cnc(-c3ccc(C[C@H](NC(=O)c4ccc(C(C)C)cc4)C(=O)N[C@@H](CO)C(=O)O)cc3)nc2)cc1. The van der Waals surface area contributed by atoms with Gasteiger partial charge in [0.05, 0.1) is 13.2 Å². The molecule has 258 valence electrons. The van der Waals surface area contributed by atoms with Crippen LogP contribution in [-0.4, -0.2) is 63.3 Å². The predicted octanol–water partition coefficient (Wildman–Crippen LogP) is 6.19. The fourth-order valence-electron chi connectivity index (χ4n) is 5.22. The monoisotopic (exact) mass is 666 g/mol. The van der Waals surface area contributed by atoms with Gasteiger partial charge >= 0.3 is 5.97 Å². The molecule has 2 amide bonds. The van der Waals surface area contributed by atoms with Gasteiger partial charge in [-0.25, -0.2) is 14.8 Å². The third-order valence-electron chi connectivity index (χ3n) is 8.27. The molecular formula is C39H46N4O6. The third kappa shape index (κ3) is 11.0. The van der Waals surface area contributed by atoms with Crippen molar-refractivity contribution in [2.45, 2.75) is 77.3 Å². The van der Waals surface area contributed by atoms with E-state index in [4.69, 9.17) is 4.74 Å². The van der Waals surface area contributed by atoms with E-state index in [1.54, 1.807) is 36.7 Å². The Morgan fingerprint density at radius 3 is 1.98 bits per heavy atom. The summed E-state index contributed by atoms with van der Waals surface area (Å²) in [7, 11) is 0. The highest BCUT2D eigenvalue weighted by atomic mass is 16.5. The number of aromatic nitrogens is 2. The zero-order chi connectivity index (χ0) is 35.2. The molecule has 4 rings (SSSR count). The molecule has 0 aliphatic rings. The summed E-state index contributed by atoms with van der Waals surface area (Å²) in [5.74, 6) is -0.921. The topological polar surface area (TPSA) is 151 Å². The van der Waals surface area contributed by atoms with Gasteiger partial charge in [-0.3, -0.25) is 9.59 Å². The maximum Gasteiger partial charge on any atom is 0.328 e. The van der Waals surface area contributed by atoms with E-state index in [2.05, 4.69) is 41.4 Å². The van der Waals surface area contributed by atoms with Crippen LogP contribution in [0.1, 0.15) is 80.3 Å². The van der Waals surface area contributed by atoms with Gasteiger partial charge < -0.3 is 25.6 Å². The number of ether oxygens (including phenoxy) is 1. The van der Waals surface area contributed by atoms with Crippen molar-refractivity contribution in [2.75, 3.05) is 13.2 Å². The number of carboxylic acid groups (broad SMARTS) is 1. The van der Waals surface area contributed by atoms with Crippen LogP contribution in [-0.2, 0) is 16.0 Å². The summed E-state index contributed by atoms with van der Waals surface area (Å²) in [6.45, 7) is 6.23. The van der Waals surface area contributed by atoms with Gasteiger partial charge in [0.25, 0.3) is 5.91 Å². The third-order valence-corrected chi connectivity index (χ3v) is 8.27. The van der Waals surface area contributed by atoms with E-state index in [1.807, 2.05) is 48.5 Å². The van der Waals surface area contributed by atoms with Gasteiger partial charge in [0.15, 0.2) is 5.82 Å². The molecule has 3 aromatic carbocycles. The molecule has 0 spiro atoms. The standard InChI is InChI=1S/C39H46N4O6/c1-4-5-6-7-8-21-49-33-19-17-29(18-20-33)32-23-40-36(41-24-32)30-11-9-27(10-12-30)22-34(38(46)43-35(25-44)39(47)48)42-37(45)31-15-13-28(14-16-31)26(2)3/h9-20,23-24,26,34-35,44H,4-8,21-22,25H2,1-3H3,(H,42,45)(H,43,46)(H,47,48)/t34-,35-/m0/s1. The summed E-state index contributed by atoms with van der Waals surface area (Å²) in [6.07, 6.45) is 9.59. The number of aliphatic hydroxyl groups is 1. The molecule has 0 fully saturated rings. The summed E-state index contributed by atoms with van der Waals surface area (Å²) < 4.78 is 5.87. The first-order valence-electron chi connectivity index (χ1n) is 16.9. The van der Waals surface area contributed by atoms with Crippen molar-refractivity contribution in [2.24, 2.45) is 0 Å². The van der Waals surface area contributed by atoms with E-state index >= 15 is 0 Å². The smallest absolute Gasteiger partial charge is 0.328 e. The van der Waals surface area contributed by atoms with Gasteiger partial charge in [-0.1, -0.05) is 95.0 Å². The molecule has 0 saturated heterocycles. The van der Waals surface area contributed by atoms with Crippen molar-refractivity contribution in [1.82, 2.24) is 20.6 Å². The van der Waals surface area contributed by atoms with Crippen LogP contribution in [0.3, 0.4) is 0 Å². The highest BCUT2D eigenvalue weighted by Gasteiger charge is 2.27. The first-order valence-corrected chi connectivity index (χ1v) is 16.9. The quantitative estimate of drug-likeness (QED) is 0.0919. The number of aliphatic carboxylic acids is 1.